The largest absolute Gasteiger partial charge is 0.545 e. The molecule has 3 rings (SSSR count). The minimum atomic E-state index is -1.38. The third-order valence-electron chi connectivity index (χ3n) is 4.14. The lowest BCUT2D eigenvalue weighted by Gasteiger charge is -2.16. The number of aromatic nitrogens is 1. The molecule has 0 aliphatic carbocycles. The number of nitrogens with one attached hydrogen (secondary N) is 2. The van der Waals surface area contributed by atoms with E-state index in [-0.39, 0.29) is 21.3 Å². The summed E-state index contributed by atoms with van der Waals surface area (Å²) in [5, 5.41) is 16.0. The second-order valence-corrected chi connectivity index (χ2v) is 6.72. The van der Waals surface area contributed by atoms with Crippen LogP contribution in [0.3, 0.4) is 0 Å². The average Bonchev–Trinajstić information content (AvgIpc) is 2.85. The van der Waals surface area contributed by atoms with Gasteiger partial charge in [0.25, 0.3) is 11.8 Å². The highest BCUT2D eigenvalue weighted by molar-refractivity contribution is 7.80. The number of amides is 2. The first-order valence-corrected chi connectivity index (χ1v) is 8.56. The number of nitrogens with zero attached hydrogens (tertiary/aromatic N) is 1. The van der Waals surface area contributed by atoms with Crippen molar-refractivity contribution in [2.45, 2.75) is 13.8 Å². The molecule has 0 bridgehead atoms. The zero-order valence-electron chi connectivity index (χ0n) is 14.3. The molecule has 1 aromatic carbocycles. The van der Waals surface area contributed by atoms with Crippen molar-refractivity contribution in [2.75, 3.05) is 0 Å². The van der Waals surface area contributed by atoms with Crippen molar-refractivity contribution >= 4 is 52.8 Å². The number of carboxylic acids is 1. The lowest BCUT2D eigenvalue weighted by atomic mass is 10.1. The molecule has 0 radical (unpaired) electrons. The Morgan fingerprint density at radius 3 is 2.41 bits per heavy atom. The summed E-state index contributed by atoms with van der Waals surface area (Å²) in [5.41, 5.74) is 2.48. The summed E-state index contributed by atoms with van der Waals surface area (Å²) in [6.45, 7) is 3.61. The van der Waals surface area contributed by atoms with Crippen LogP contribution in [0.15, 0.2) is 29.8 Å². The number of aryl methyl sites for hydroxylation is 1. The van der Waals surface area contributed by atoms with Gasteiger partial charge in [-0.15, -0.1) is 0 Å². The topological polar surface area (TPSA) is 103 Å². The summed E-state index contributed by atoms with van der Waals surface area (Å²) in [6, 6.07) is 6.34. The van der Waals surface area contributed by atoms with Gasteiger partial charge in [-0.05, 0) is 62.0 Å². The summed E-state index contributed by atoms with van der Waals surface area (Å²) in [7, 11) is 0. The Morgan fingerprint density at radius 2 is 1.81 bits per heavy atom. The van der Waals surface area contributed by atoms with Gasteiger partial charge in [-0.3, -0.25) is 20.2 Å². The Kier molecular flexibility index (Phi) is 4.86. The molecule has 2 heterocycles. The van der Waals surface area contributed by atoms with Gasteiger partial charge in [0.1, 0.15) is 5.57 Å². The molecule has 7 nitrogen and oxygen atoms in total. The van der Waals surface area contributed by atoms with E-state index in [4.69, 9.17) is 23.8 Å². The zero-order valence-corrected chi connectivity index (χ0v) is 15.8. The van der Waals surface area contributed by atoms with Crippen LogP contribution in [0.25, 0.3) is 11.8 Å². The van der Waals surface area contributed by atoms with Gasteiger partial charge in [-0.1, -0.05) is 11.6 Å². The SMILES string of the molecule is Cc1cc(C=C2C(=O)NC(=S)NC2=O)c(C)n1-c1ccc(Cl)c(C(=O)[O-])c1. The van der Waals surface area contributed by atoms with Gasteiger partial charge < -0.3 is 14.5 Å². The van der Waals surface area contributed by atoms with E-state index in [0.717, 1.165) is 5.69 Å². The van der Waals surface area contributed by atoms with Crippen LogP contribution < -0.4 is 15.7 Å². The minimum Gasteiger partial charge on any atom is -0.545 e. The van der Waals surface area contributed by atoms with Crippen molar-refractivity contribution in [2.24, 2.45) is 0 Å². The normalized spacial score (nSPS) is 14.0. The molecule has 1 aromatic heterocycles. The lowest BCUT2D eigenvalue weighted by Crippen LogP contribution is -2.51. The molecule has 2 aromatic rings. The number of carbonyl (C=O) groups excluding carboxylic acids is 3. The molecule has 1 aliphatic heterocycles. The van der Waals surface area contributed by atoms with E-state index < -0.39 is 17.8 Å². The number of hydrogen-bond acceptors (Lipinski definition) is 5. The van der Waals surface area contributed by atoms with E-state index in [9.17, 15) is 19.5 Å². The Balaban J connectivity index is 2.09. The number of thiocarbonyl (C=S) groups is 1. The highest BCUT2D eigenvalue weighted by Gasteiger charge is 2.26. The molecular weight excluding hydrogens is 390 g/mol. The number of carbonyl (C=O) groups is 3. The van der Waals surface area contributed by atoms with E-state index in [1.54, 1.807) is 23.6 Å². The summed E-state index contributed by atoms with van der Waals surface area (Å²) >= 11 is 10.7. The summed E-state index contributed by atoms with van der Waals surface area (Å²) in [4.78, 5) is 35.3. The van der Waals surface area contributed by atoms with Crippen LogP contribution in [0.2, 0.25) is 5.02 Å². The van der Waals surface area contributed by atoms with E-state index in [2.05, 4.69) is 10.6 Å². The molecule has 2 N–H and O–H groups in total. The van der Waals surface area contributed by atoms with Crippen LogP contribution >= 0.6 is 23.8 Å². The lowest BCUT2D eigenvalue weighted by molar-refractivity contribution is -0.255. The van der Waals surface area contributed by atoms with Gasteiger partial charge >= 0.3 is 0 Å². The van der Waals surface area contributed by atoms with Crippen molar-refractivity contribution in [3.63, 3.8) is 0 Å². The van der Waals surface area contributed by atoms with Crippen LogP contribution in [0.1, 0.15) is 27.3 Å². The number of benzene rings is 1. The number of aromatic carboxylic acids is 1. The van der Waals surface area contributed by atoms with Gasteiger partial charge in [0.15, 0.2) is 5.11 Å². The molecule has 138 valence electrons. The molecule has 0 atom stereocenters. The van der Waals surface area contributed by atoms with E-state index >= 15 is 0 Å². The number of rotatable bonds is 3. The summed E-state index contributed by atoms with van der Waals surface area (Å²) < 4.78 is 1.79. The molecular formula is C18H13ClN3O4S-. The number of hydrogen-bond donors (Lipinski definition) is 2. The van der Waals surface area contributed by atoms with Crippen molar-refractivity contribution in [3.05, 3.63) is 57.4 Å². The van der Waals surface area contributed by atoms with Crippen LogP contribution in [-0.4, -0.2) is 27.5 Å². The molecule has 2 amide bonds. The highest BCUT2D eigenvalue weighted by atomic mass is 35.5. The minimum absolute atomic E-state index is 0.0383. The van der Waals surface area contributed by atoms with Gasteiger partial charge in [-0.25, -0.2) is 0 Å². The smallest absolute Gasteiger partial charge is 0.263 e. The summed E-state index contributed by atoms with van der Waals surface area (Å²) in [5.74, 6) is -2.54. The maximum Gasteiger partial charge on any atom is 0.263 e. The first-order chi connectivity index (χ1) is 12.7. The van der Waals surface area contributed by atoms with Crippen LogP contribution in [0, 0.1) is 13.8 Å². The zero-order chi connectivity index (χ0) is 19.9. The third-order valence-corrected chi connectivity index (χ3v) is 4.68. The predicted molar refractivity (Wildman–Crippen MR) is 101 cm³/mol. The van der Waals surface area contributed by atoms with Crippen LogP contribution in [-0.2, 0) is 9.59 Å². The van der Waals surface area contributed by atoms with Crippen molar-refractivity contribution in [3.8, 4) is 5.69 Å². The first-order valence-electron chi connectivity index (χ1n) is 7.77. The van der Waals surface area contributed by atoms with E-state index in [0.29, 0.717) is 16.9 Å². The Labute approximate surface area is 164 Å². The number of carboxylic acid groups (broad SMARTS) is 1. The van der Waals surface area contributed by atoms with Gasteiger partial charge in [-0.2, -0.15) is 0 Å². The molecule has 0 saturated carbocycles. The Hall–Kier alpha value is -2.97. The highest BCUT2D eigenvalue weighted by Crippen LogP contribution is 2.26. The van der Waals surface area contributed by atoms with Gasteiger partial charge in [0, 0.05) is 27.7 Å². The molecule has 27 heavy (non-hydrogen) atoms. The van der Waals surface area contributed by atoms with E-state index in [1.165, 1.54) is 18.2 Å². The predicted octanol–water partition coefficient (Wildman–Crippen LogP) is 1.03. The summed E-state index contributed by atoms with van der Waals surface area (Å²) in [6.07, 6.45) is 1.46. The first kappa shape index (κ1) is 18.8. The molecule has 1 fully saturated rings. The maximum atomic E-state index is 12.0. The molecule has 1 saturated heterocycles. The van der Waals surface area contributed by atoms with Crippen LogP contribution in [0.5, 0.6) is 0 Å². The van der Waals surface area contributed by atoms with Crippen molar-refractivity contribution in [1.29, 1.82) is 0 Å². The second kappa shape index (κ2) is 6.98. The fourth-order valence-corrected chi connectivity index (χ4v) is 3.28. The third kappa shape index (κ3) is 3.49. The molecule has 0 unspecified atom stereocenters. The molecule has 1 aliphatic rings. The van der Waals surface area contributed by atoms with Gasteiger partial charge in [0.2, 0.25) is 0 Å². The van der Waals surface area contributed by atoms with Crippen molar-refractivity contribution < 1.29 is 19.5 Å². The van der Waals surface area contributed by atoms with Crippen LogP contribution in [0.4, 0.5) is 0 Å². The quantitative estimate of drug-likeness (QED) is 0.453. The molecule has 0 spiro atoms. The van der Waals surface area contributed by atoms with Gasteiger partial charge in [0.05, 0.1) is 5.97 Å². The Morgan fingerprint density at radius 1 is 1.19 bits per heavy atom. The second-order valence-electron chi connectivity index (χ2n) is 5.91. The fourth-order valence-electron chi connectivity index (χ4n) is 2.90. The Bertz CT molecular complexity index is 1030. The van der Waals surface area contributed by atoms with Crippen molar-refractivity contribution in [1.82, 2.24) is 15.2 Å². The average molecular weight is 403 g/mol. The molecule has 9 heteroatoms. The monoisotopic (exact) mass is 402 g/mol. The fraction of sp³-hybridized carbons (Fsp3) is 0.111. The standard InChI is InChI=1S/C18H14ClN3O4S/c1-8-5-10(6-13-15(23)20-18(27)21-16(13)24)9(2)22(8)11-3-4-14(19)12(7-11)17(25)26/h3-7H,1-2H3,(H,25,26)(H2,20,21,23,24,27)/p-1. The van der Waals surface area contributed by atoms with E-state index in [1.807, 2.05) is 6.92 Å². The number of halogens is 1. The maximum absolute atomic E-state index is 12.0.